The molecule has 1 aliphatic carbocycles. The number of hydrogen-bond acceptors (Lipinski definition) is 9. The molecule has 1 unspecified atom stereocenters. The van der Waals surface area contributed by atoms with Crippen molar-refractivity contribution in [1.29, 1.82) is 0 Å². The van der Waals surface area contributed by atoms with Crippen molar-refractivity contribution in [3.8, 4) is 11.5 Å². The van der Waals surface area contributed by atoms with Gasteiger partial charge in [-0.1, -0.05) is 0 Å². The molecule has 1 fully saturated rings. The molecule has 4 aliphatic rings. The largest absolute Gasteiger partial charge is 0.497 e. The highest BCUT2D eigenvalue weighted by Crippen LogP contribution is 2.50. The topological polar surface area (TPSA) is 125 Å². The molecule has 0 bridgehead atoms. The molecule has 1 saturated heterocycles. The van der Waals surface area contributed by atoms with Crippen molar-refractivity contribution in [2.24, 2.45) is 0 Å². The summed E-state index contributed by atoms with van der Waals surface area (Å²) in [6.07, 6.45) is 4.13. The summed E-state index contributed by atoms with van der Waals surface area (Å²) in [6, 6.07) is 4.03. The summed E-state index contributed by atoms with van der Waals surface area (Å²) in [6.45, 7) is 5.39. The van der Waals surface area contributed by atoms with Gasteiger partial charge in [-0.05, 0) is 56.4 Å². The Balaban J connectivity index is 1.50. The average Bonchev–Trinajstić information content (AvgIpc) is 3.56. The molecule has 3 heterocycles. The van der Waals surface area contributed by atoms with Crippen LogP contribution in [-0.2, 0) is 30.2 Å². The molecule has 10 heteroatoms. The molecular weight excluding hydrogens is 506 g/mol. The zero-order valence-electron chi connectivity index (χ0n) is 23.2. The standard InChI is InChI=1S/C29H39NO9/c1-27(2,33)8-5-10-29(34,16-23(31)36-4)26(32)39-25-22(35-3)15-28-9-6-11-30(28)12-7-18-13-20-21(38-17-37-20)14-19(18)24(25)28/h13-15,24-25,33-34H,5-12,16-17H2,1-4H3/p+1/t24-,25-,28+,29+/m1/s1. The van der Waals surface area contributed by atoms with Crippen LogP contribution in [0.15, 0.2) is 24.0 Å². The summed E-state index contributed by atoms with van der Waals surface area (Å²) in [4.78, 5) is 27.4. The SMILES string of the molecule is COC(=O)C[C@@](O)(CCCC(C)(C)O)C(=O)O[C@@H]1C(OC)=C[C@]23CCC[NH+]2CCc2cc4c(cc2[C@H]13)OCO4. The molecule has 3 N–H and O–H groups in total. The second kappa shape index (κ2) is 10.3. The Morgan fingerprint density at radius 1 is 1.13 bits per heavy atom. The average molecular weight is 547 g/mol. The highest BCUT2D eigenvalue weighted by molar-refractivity contribution is 5.86. The summed E-state index contributed by atoms with van der Waals surface area (Å²) in [5.41, 5.74) is -1.29. The maximum absolute atomic E-state index is 13.8. The Morgan fingerprint density at radius 2 is 1.87 bits per heavy atom. The number of methoxy groups -OCH3 is 2. The number of fused-ring (bicyclic) bond motifs is 3. The number of aliphatic hydroxyl groups is 2. The number of esters is 2. The van der Waals surface area contributed by atoms with Crippen LogP contribution in [0.2, 0.25) is 0 Å². The highest BCUT2D eigenvalue weighted by atomic mass is 16.7. The lowest BCUT2D eigenvalue weighted by molar-refractivity contribution is -0.932. The van der Waals surface area contributed by atoms with Crippen molar-refractivity contribution >= 4 is 11.9 Å². The monoisotopic (exact) mass is 546 g/mol. The Morgan fingerprint density at radius 3 is 2.56 bits per heavy atom. The van der Waals surface area contributed by atoms with Crippen molar-refractivity contribution in [1.82, 2.24) is 0 Å². The van der Waals surface area contributed by atoms with Crippen molar-refractivity contribution < 1.29 is 48.4 Å². The van der Waals surface area contributed by atoms with Crippen molar-refractivity contribution in [2.45, 2.75) is 87.6 Å². The zero-order chi connectivity index (χ0) is 28.0. The van der Waals surface area contributed by atoms with E-state index in [1.54, 1.807) is 21.0 Å². The van der Waals surface area contributed by atoms with Gasteiger partial charge in [-0.2, -0.15) is 0 Å². The molecular formula is C29H40NO9+. The molecule has 1 aromatic rings. The first kappa shape index (κ1) is 27.7. The van der Waals surface area contributed by atoms with Gasteiger partial charge in [0.05, 0.1) is 45.2 Å². The minimum absolute atomic E-state index is 0.0634. The number of carbonyl (C=O) groups is 2. The lowest BCUT2D eigenvalue weighted by Gasteiger charge is -2.37. The predicted octanol–water partition coefficient (Wildman–Crippen LogP) is 1.16. The van der Waals surface area contributed by atoms with E-state index >= 15 is 0 Å². The van der Waals surface area contributed by atoms with Gasteiger partial charge in [0.25, 0.3) is 0 Å². The lowest BCUT2D eigenvalue weighted by Crippen LogP contribution is -3.18. The Labute approximate surface area is 228 Å². The van der Waals surface area contributed by atoms with Gasteiger partial charge in [0.2, 0.25) is 6.79 Å². The summed E-state index contributed by atoms with van der Waals surface area (Å²) in [5.74, 6) is 0.0253. The molecule has 0 aromatic heterocycles. The van der Waals surface area contributed by atoms with Gasteiger partial charge >= 0.3 is 11.9 Å². The zero-order valence-corrected chi connectivity index (χ0v) is 23.2. The highest BCUT2D eigenvalue weighted by Gasteiger charge is 2.62. The third kappa shape index (κ3) is 5.10. The van der Waals surface area contributed by atoms with Crippen LogP contribution in [0.25, 0.3) is 0 Å². The van der Waals surface area contributed by atoms with E-state index in [9.17, 15) is 19.8 Å². The number of hydrogen-bond donors (Lipinski definition) is 3. The van der Waals surface area contributed by atoms with Gasteiger partial charge in [-0.15, -0.1) is 0 Å². The summed E-state index contributed by atoms with van der Waals surface area (Å²) in [5, 5.41) is 21.6. The van der Waals surface area contributed by atoms with E-state index in [-0.39, 0.29) is 24.7 Å². The van der Waals surface area contributed by atoms with Crippen molar-refractivity contribution in [3.63, 3.8) is 0 Å². The number of benzene rings is 1. The number of rotatable bonds is 9. The van der Waals surface area contributed by atoms with Crippen LogP contribution < -0.4 is 14.4 Å². The fraction of sp³-hybridized carbons (Fsp3) is 0.655. The molecule has 0 amide bonds. The molecule has 10 nitrogen and oxygen atoms in total. The summed E-state index contributed by atoms with van der Waals surface area (Å²) < 4.78 is 28.1. The van der Waals surface area contributed by atoms with E-state index in [4.69, 9.17) is 23.7 Å². The van der Waals surface area contributed by atoms with Gasteiger partial charge < -0.3 is 38.8 Å². The van der Waals surface area contributed by atoms with E-state index in [0.717, 1.165) is 43.5 Å². The second-order valence-electron chi connectivity index (χ2n) is 11.9. The Bertz CT molecular complexity index is 1160. The first-order chi connectivity index (χ1) is 18.5. The van der Waals surface area contributed by atoms with Crippen LogP contribution in [0.3, 0.4) is 0 Å². The van der Waals surface area contributed by atoms with E-state index in [1.807, 2.05) is 12.1 Å². The third-order valence-corrected chi connectivity index (χ3v) is 8.82. The first-order valence-corrected chi connectivity index (χ1v) is 13.8. The fourth-order valence-corrected chi connectivity index (χ4v) is 6.92. The Hall–Kier alpha value is -2.82. The van der Waals surface area contributed by atoms with Crippen LogP contribution >= 0.6 is 0 Å². The van der Waals surface area contributed by atoms with Crippen LogP contribution in [0.1, 0.15) is 69.4 Å². The molecule has 214 valence electrons. The van der Waals surface area contributed by atoms with Gasteiger partial charge in [0, 0.05) is 25.3 Å². The third-order valence-electron chi connectivity index (χ3n) is 8.82. The molecule has 0 saturated carbocycles. The quantitative estimate of drug-likeness (QED) is 0.392. The number of nitrogens with one attached hydrogen (secondary N) is 1. The van der Waals surface area contributed by atoms with E-state index in [0.29, 0.717) is 30.1 Å². The van der Waals surface area contributed by atoms with Crippen LogP contribution in [0, 0.1) is 0 Å². The summed E-state index contributed by atoms with van der Waals surface area (Å²) in [7, 11) is 2.77. The number of quaternary nitrogens is 1. The number of carbonyl (C=O) groups excluding carboxylic acids is 2. The minimum atomic E-state index is -2.11. The maximum Gasteiger partial charge on any atom is 0.339 e. The smallest absolute Gasteiger partial charge is 0.339 e. The fourth-order valence-electron chi connectivity index (χ4n) is 6.92. The van der Waals surface area contributed by atoms with Gasteiger partial charge in [0.1, 0.15) is 11.3 Å². The Kier molecular flexibility index (Phi) is 7.32. The van der Waals surface area contributed by atoms with E-state index in [1.165, 1.54) is 12.0 Å². The minimum Gasteiger partial charge on any atom is -0.497 e. The predicted molar refractivity (Wildman–Crippen MR) is 138 cm³/mol. The molecule has 5 rings (SSSR count). The molecule has 39 heavy (non-hydrogen) atoms. The van der Waals surface area contributed by atoms with Crippen molar-refractivity contribution in [2.75, 3.05) is 34.1 Å². The van der Waals surface area contributed by atoms with E-state index < -0.39 is 35.7 Å². The van der Waals surface area contributed by atoms with Crippen LogP contribution in [0.5, 0.6) is 11.5 Å². The normalized spacial score (nSPS) is 28.4. The maximum atomic E-state index is 13.8. The molecule has 1 spiro atoms. The van der Waals surface area contributed by atoms with Crippen LogP contribution in [-0.4, -0.2) is 79.1 Å². The molecule has 3 aliphatic heterocycles. The van der Waals surface area contributed by atoms with Gasteiger partial charge in [0.15, 0.2) is 23.2 Å². The number of ether oxygens (including phenoxy) is 5. The first-order valence-electron chi connectivity index (χ1n) is 13.8. The van der Waals surface area contributed by atoms with Crippen LogP contribution in [0.4, 0.5) is 0 Å². The second-order valence-corrected chi connectivity index (χ2v) is 11.9. The molecule has 0 radical (unpaired) electrons. The lowest BCUT2D eigenvalue weighted by atomic mass is 9.77. The summed E-state index contributed by atoms with van der Waals surface area (Å²) >= 11 is 0. The molecule has 5 atom stereocenters. The van der Waals surface area contributed by atoms with Gasteiger partial charge in [-0.3, -0.25) is 4.79 Å². The van der Waals surface area contributed by atoms with Gasteiger partial charge in [-0.25, -0.2) is 4.79 Å². The van der Waals surface area contributed by atoms with E-state index in [2.05, 4.69) is 6.08 Å². The molecule has 1 aromatic carbocycles. The van der Waals surface area contributed by atoms with Crippen molar-refractivity contribution in [3.05, 3.63) is 35.1 Å².